The fraction of sp³-hybridized carbons (Fsp3) is 0.273. The highest BCUT2D eigenvalue weighted by molar-refractivity contribution is 6.40. The number of hydrogen-bond acceptors (Lipinski definition) is 3. The number of Topliss-reactive ketones (excluding diaryl/α,β-unsaturated/α-hetero) is 1. The van der Waals surface area contributed by atoms with Crippen molar-refractivity contribution in [3.05, 3.63) is 35.4 Å². The fourth-order valence-electron chi connectivity index (χ4n) is 1.25. The van der Waals surface area contributed by atoms with Gasteiger partial charge in [0.1, 0.15) is 0 Å². The van der Waals surface area contributed by atoms with Crippen molar-refractivity contribution < 1.29 is 14.3 Å². The monoisotopic (exact) mass is 192 g/mol. The molecule has 1 aromatic rings. The van der Waals surface area contributed by atoms with Crippen LogP contribution in [0, 0.1) is 0 Å². The molecule has 3 nitrogen and oxygen atoms in total. The number of aryl methyl sites for hydroxylation is 1. The Morgan fingerprint density at radius 2 is 1.93 bits per heavy atom. The van der Waals surface area contributed by atoms with Gasteiger partial charge < -0.3 is 4.74 Å². The first-order valence-corrected chi connectivity index (χ1v) is 4.41. The summed E-state index contributed by atoms with van der Waals surface area (Å²) in [6, 6.07) is 7.04. The Morgan fingerprint density at radius 3 is 2.50 bits per heavy atom. The van der Waals surface area contributed by atoms with Crippen LogP contribution in [0.4, 0.5) is 0 Å². The van der Waals surface area contributed by atoms with Crippen LogP contribution in [0.2, 0.25) is 0 Å². The molecular weight excluding hydrogens is 180 g/mol. The van der Waals surface area contributed by atoms with E-state index in [1.807, 2.05) is 19.1 Å². The lowest BCUT2D eigenvalue weighted by Gasteiger charge is -2.04. The van der Waals surface area contributed by atoms with Crippen molar-refractivity contribution in [1.29, 1.82) is 0 Å². The van der Waals surface area contributed by atoms with Crippen molar-refractivity contribution in [2.24, 2.45) is 0 Å². The zero-order valence-corrected chi connectivity index (χ0v) is 8.24. The molecule has 0 amide bonds. The molecular formula is C11H12O3. The smallest absolute Gasteiger partial charge is 0.379 e. The minimum Gasteiger partial charge on any atom is -0.463 e. The van der Waals surface area contributed by atoms with Crippen LogP contribution in [0.1, 0.15) is 22.8 Å². The largest absolute Gasteiger partial charge is 0.463 e. The average Bonchev–Trinajstić information content (AvgIpc) is 2.26. The predicted molar refractivity (Wildman–Crippen MR) is 52.2 cm³/mol. The Kier molecular flexibility index (Phi) is 3.40. The molecule has 0 radical (unpaired) electrons. The fourth-order valence-corrected chi connectivity index (χ4v) is 1.25. The molecule has 0 aliphatic rings. The van der Waals surface area contributed by atoms with E-state index in [1.54, 1.807) is 12.1 Å². The van der Waals surface area contributed by atoms with Gasteiger partial charge in [-0.15, -0.1) is 0 Å². The average molecular weight is 192 g/mol. The normalized spacial score (nSPS) is 9.57. The van der Waals surface area contributed by atoms with Crippen LogP contribution in [-0.4, -0.2) is 18.9 Å². The molecule has 0 saturated carbocycles. The second kappa shape index (κ2) is 4.56. The SMILES string of the molecule is CCc1ccccc1C(=O)C(=O)OC. The van der Waals surface area contributed by atoms with Crippen LogP contribution in [-0.2, 0) is 16.0 Å². The Morgan fingerprint density at radius 1 is 1.29 bits per heavy atom. The lowest BCUT2D eigenvalue weighted by molar-refractivity contribution is -0.135. The van der Waals surface area contributed by atoms with Gasteiger partial charge in [0.25, 0.3) is 5.78 Å². The lowest BCUT2D eigenvalue weighted by Crippen LogP contribution is -2.17. The maximum atomic E-state index is 11.5. The number of hydrogen-bond donors (Lipinski definition) is 0. The summed E-state index contributed by atoms with van der Waals surface area (Å²) in [5.74, 6) is -1.39. The molecule has 0 aliphatic heterocycles. The highest BCUT2D eigenvalue weighted by Gasteiger charge is 2.18. The molecule has 3 heteroatoms. The molecule has 1 aromatic carbocycles. The first kappa shape index (κ1) is 10.4. The van der Waals surface area contributed by atoms with Crippen molar-refractivity contribution in [3.63, 3.8) is 0 Å². The predicted octanol–water partition coefficient (Wildman–Crippen LogP) is 1.60. The van der Waals surface area contributed by atoms with Gasteiger partial charge in [-0.2, -0.15) is 0 Å². The molecule has 14 heavy (non-hydrogen) atoms. The van der Waals surface area contributed by atoms with Gasteiger partial charge in [-0.3, -0.25) is 4.79 Å². The first-order chi connectivity index (χ1) is 6.70. The van der Waals surface area contributed by atoms with Gasteiger partial charge in [0.05, 0.1) is 7.11 Å². The molecule has 0 aromatic heterocycles. The van der Waals surface area contributed by atoms with Crippen LogP contribution >= 0.6 is 0 Å². The first-order valence-electron chi connectivity index (χ1n) is 4.41. The van der Waals surface area contributed by atoms with E-state index in [4.69, 9.17) is 0 Å². The zero-order chi connectivity index (χ0) is 10.6. The molecule has 1 rings (SSSR count). The quantitative estimate of drug-likeness (QED) is 0.415. The van der Waals surface area contributed by atoms with Gasteiger partial charge in [0, 0.05) is 5.56 Å². The van der Waals surface area contributed by atoms with Crippen molar-refractivity contribution in [2.75, 3.05) is 7.11 Å². The number of carbonyl (C=O) groups excluding carboxylic acids is 2. The minimum absolute atomic E-state index is 0.432. The van der Waals surface area contributed by atoms with Gasteiger partial charge in [0.15, 0.2) is 0 Å². The highest BCUT2D eigenvalue weighted by Crippen LogP contribution is 2.10. The molecule has 0 N–H and O–H groups in total. The van der Waals surface area contributed by atoms with E-state index in [0.717, 1.165) is 12.0 Å². The van der Waals surface area contributed by atoms with E-state index in [0.29, 0.717) is 5.56 Å². The molecule has 0 aliphatic carbocycles. The van der Waals surface area contributed by atoms with Crippen molar-refractivity contribution in [3.8, 4) is 0 Å². The second-order valence-corrected chi connectivity index (χ2v) is 2.83. The van der Waals surface area contributed by atoms with E-state index in [9.17, 15) is 9.59 Å². The standard InChI is InChI=1S/C11H12O3/c1-3-8-6-4-5-7-9(8)10(12)11(13)14-2/h4-7H,3H2,1-2H3. The third-order valence-corrected chi connectivity index (χ3v) is 2.01. The van der Waals surface area contributed by atoms with E-state index in [2.05, 4.69) is 4.74 Å². The van der Waals surface area contributed by atoms with Crippen LogP contribution < -0.4 is 0 Å². The van der Waals surface area contributed by atoms with Gasteiger partial charge >= 0.3 is 5.97 Å². The number of methoxy groups -OCH3 is 1. The second-order valence-electron chi connectivity index (χ2n) is 2.83. The van der Waals surface area contributed by atoms with E-state index in [-0.39, 0.29) is 0 Å². The zero-order valence-electron chi connectivity index (χ0n) is 8.24. The number of ketones is 1. The van der Waals surface area contributed by atoms with E-state index < -0.39 is 11.8 Å². The molecule has 0 unspecified atom stereocenters. The van der Waals surface area contributed by atoms with E-state index in [1.165, 1.54) is 7.11 Å². The summed E-state index contributed by atoms with van der Waals surface area (Å²) in [5.41, 5.74) is 1.30. The maximum Gasteiger partial charge on any atom is 0.379 e. The summed E-state index contributed by atoms with van der Waals surface area (Å²) in [7, 11) is 1.20. The summed E-state index contributed by atoms with van der Waals surface area (Å²) in [6.07, 6.45) is 0.721. The molecule has 0 fully saturated rings. The van der Waals surface area contributed by atoms with Crippen molar-refractivity contribution >= 4 is 11.8 Å². The molecule has 0 bridgehead atoms. The molecule has 0 spiro atoms. The van der Waals surface area contributed by atoms with Crippen molar-refractivity contribution in [2.45, 2.75) is 13.3 Å². The van der Waals surface area contributed by atoms with Gasteiger partial charge in [-0.05, 0) is 12.0 Å². The minimum atomic E-state index is -0.814. The molecule has 0 atom stereocenters. The van der Waals surface area contributed by atoms with Crippen LogP contribution in [0.25, 0.3) is 0 Å². The number of carbonyl (C=O) groups is 2. The highest BCUT2D eigenvalue weighted by atomic mass is 16.5. The number of benzene rings is 1. The van der Waals surface area contributed by atoms with Crippen molar-refractivity contribution in [1.82, 2.24) is 0 Å². The third-order valence-electron chi connectivity index (χ3n) is 2.01. The van der Waals surface area contributed by atoms with Gasteiger partial charge in [0.2, 0.25) is 0 Å². The summed E-state index contributed by atoms with van der Waals surface area (Å²) in [4.78, 5) is 22.5. The Balaban J connectivity index is 3.06. The Hall–Kier alpha value is -1.64. The van der Waals surface area contributed by atoms with E-state index >= 15 is 0 Å². The number of rotatable bonds is 3. The summed E-state index contributed by atoms with van der Waals surface area (Å²) in [6.45, 7) is 1.93. The number of esters is 1. The summed E-state index contributed by atoms with van der Waals surface area (Å²) in [5, 5.41) is 0. The van der Waals surface area contributed by atoms with Crippen LogP contribution in [0.3, 0.4) is 0 Å². The molecule has 0 saturated heterocycles. The van der Waals surface area contributed by atoms with Gasteiger partial charge in [-0.25, -0.2) is 4.79 Å². The van der Waals surface area contributed by atoms with Crippen LogP contribution in [0.5, 0.6) is 0 Å². The molecule has 74 valence electrons. The topological polar surface area (TPSA) is 43.4 Å². The molecule has 0 heterocycles. The summed E-state index contributed by atoms with van der Waals surface area (Å²) < 4.78 is 4.38. The summed E-state index contributed by atoms with van der Waals surface area (Å²) >= 11 is 0. The van der Waals surface area contributed by atoms with Gasteiger partial charge in [-0.1, -0.05) is 31.2 Å². The lowest BCUT2D eigenvalue weighted by atomic mass is 10.0. The third kappa shape index (κ3) is 1.99. The Bertz CT molecular complexity index is 355. The Labute approximate surface area is 82.7 Å². The van der Waals surface area contributed by atoms with Crippen LogP contribution in [0.15, 0.2) is 24.3 Å². The number of ether oxygens (including phenoxy) is 1. The maximum absolute atomic E-state index is 11.5.